The minimum Gasteiger partial charge on any atom is -0.379 e. The molecule has 0 amide bonds. The predicted molar refractivity (Wildman–Crippen MR) is 98.9 cm³/mol. The number of halogens is 1. The summed E-state index contributed by atoms with van der Waals surface area (Å²) in [5, 5.41) is 0. The van der Waals surface area contributed by atoms with Crippen LogP contribution in [-0.4, -0.2) is 8.42 Å². The Hall–Kier alpha value is -1.86. The minimum absolute atomic E-state index is 0.170. The maximum absolute atomic E-state index is 12.6. The first-order valence-corrected chi connectivity index (χ1v) is 9.40. The second-order valence-electron chi connectivity index (χ2n) is 4.83. The lowest BCUT2D eigenvalue weighted by atomic mass is 10.1. The first-order valence-electron chi connectivity index (χ1n) is 6.91. The highest BCUT2D eigenvalue weighted by molar-refractivity contribution is 14.1. The molecule has 0 aliphatic heterocycles. The summed E-state index contributed by atoms with van der Waals surface area (Å²) in [6, 6.07) is 23.4. The summed E-state index contributed by atoms with van der Waals surface area (Å²) in [5.74, 6) is 0.299. The van der Waals surface area contributed by atoms with Crippen molar-refractivity contribution in [2.45, 2.75) is 4.90 Å². The molecule has 0 saturated heterocycles. The van der Waals surface area contributed by atoms with E-state index in [-0.39, 0.29) is 4.90 Å². The Morgan fingerprint density at radius 2 is 1.35 bits per heavy atom. The molecule has 0 radical (unpaired) electrons. The van der Waals surface area contributed by atoms with Crippen LogP contribution in [0.15, 0.2) is 83.8 Å². The summed E-state index contributed by atoms with van der Waals surface area (Å²) in [6.45, 7) is 0. The topological polar surface area (TPSA) is 43.4 Å². The molecule has 0 aromatic heterocycles. The molecular weight excluding hydrogens is 423 g/mol. The van der Waals surface area contributed by atoms with E-state index in [1.165, 1.54) is 0 Å². The van der Waals surface area contributed by atoms with Crippen molar-refractivity contribution in [3.05, 3.63) is 82.4 Å². The van der Waals surface area contributed by atoms with Crippen LogP contribution in [0.3, 0.4) is 0 Å². The van der Waals surface area contributed by atoms with E-state index >= 15 is 0 Å². The highest BCUT2D eigenvalue weighted by Gasteiger charge is 2.22. The molecule has 0 N–H and O–H groups in total. The molecule has 116 valence electrons. The largest absolute Gasteiger partial charge is 0.379 e. The van der Waals surface area contributed by atoms with Gasteiger partial charge in [0.1, 0.15) is 10.6 Å². The van der Waals surface area contributed by atoms with Crippen LogP contribution in [-0.2, 0) is 10.1 Å². The van der Waals surface area contributed by atoms with Gasteiger partial charge in [0.2, 0.25) is 0 Å². The summed E-state index contributed by atoms with van der Waals surface area (Å²) < 4.78 is 31.0. The van der Waals surface area contributed by atoms with E-state index in [4.69, 9.17) is 4.18 Å². The molecule has 0 aliphatic rings. The number of benzene rings is 3. The van der Waals surface area contributed by atoms with Crippen LogP contribution >= 0.6 is 22.6 Å². The molecule has 5 heteroatoms. The SMILES string of the molecule is O=S(=O)(Oc1ccccc1)c1cccc(-c2ccccc2)c1I. The summed E-state index contributed by atoms with van der Waals surface area (Å²) in [6.07, 6.45) is 0. The van der Waals surface area contributed by atoms with Crippen LogP contribution in [0.4, 0.5) is 0 Å². The lowest BCUT2D eigenvalue weighted by Gasteiger charge is -2.11. The van der Waals surface area contributed by atoms with Crippen molar-refractivity contribution in [2.24, 2.45) is 0 Å². The van der Waals surface area contributed by atoms with E-state index in [9.17, 15) is 8.42 Å². The van der Waals surface area contributed by atoms with Crippen LogP contribution in [0.25, 0.3) is 11.1 Å². The summed E-state index contributed by atoms with van der Waals surface area (Å²) in [5.41, 5.74) is 1.83. The number of hydrogen-bond acceptors (Lipinski definition) is 3. The molecule has 0 fully saturated rings. The van der Waals surface area contributed by atoms with Gasteiger partial charge >= 0.3 is 10.1 Å². The molecule has 0 saturated carbocycles. The highest BCUT2D eigenvalue weighted by atomic mass is 127. The van der Waals surface area contributed by atoms with Gasteiger partial charge in [-0.1, -0.05) is 60.7 Å². The molecule has 3 aromatic carbocycles. The lowest BCUT2D eigenvalue weighted by Crippen LogP contribution is -2.11. The lowest BCUT2D eigenvalue weighted by molar-refractivity contribution is 0.485. The van der Waals surface area contributed by atoms with Crippen LogP contribution in [0.2, 0.25) is 0 Å². The van der Waals surface area contributed by atoms with E-state index in [0.717, 1.165) is 11.1 Å². The van der Waals surface area contributed by atoms with Gasteiger partial charge in [-0.2, -0.15) is 8.42 Å². The number of hydrogen-bond donors (Lipinski definition) is 0. The van der Waals surface area contributed by atoms with Gasteiger partial charge in [0.25, 0.3) is 0 Å². The predicted octanol–water partition coefficient (Wildman–Crippen LogP) is 4.73. The summed E-state index contributed by atoms with van der Waals surface area (Å²) in [7, 11) is -3.88. The molecule has 0 heterocycles. The van der Waals surface area contributed by atoms with Crippen molar-refractivity contribution in [1.82, 2.24) is 0 Å². The third kappa shape index (κ3) is 3.56. The van der Waals surface area contributed by atoms with Crippen molar-refractivity contribution in [1.29, 1.82) is 0 Å². The molecular formula is C18H13IO3S. The van der Waals surface area contributed by atoms with Gasteiger partial charge in [0.15, 0.2) is 0 Å². The van der Waals surface area contributed by atoms with E-state index in [0.29, 0.717) is 9.32 Å². The van der Waals surface area contributed by atoms with Crippen molar-refractivity contribution in [3.8, 4) is 16.9 Å². The van der Waals surface area contributed by atoms with E-state index in [1.807, 2.05) is 36.4 Å². The Morgan fingerprint density at radius 1 is 0.739 bits per heavy atom. The molecule has 0 atom stereocenters. The second-order valence-corrected chi connectivity index (χ2v) is 7.43. The Morgan fingerprint density at radius 3 is 2.00 bits per heavy atom. The maximum Gasteiger partial charge on any atom is 0.340 e. The standard InChI is InChI=1S/C18H13IO3S/c19-18-16(14-8-3-1-4-9-14)12-7-13-17(18)23(20,21)22-15-10-5-2-6-11-15/h1-13H. The van der Waals surface area contributed by atoms with Crippen LogP contribution in [0, 0.1) is 3.57 Å². The fraction of sp³-hybridized carbons (Fsp3) is 0. The Kier molecular flexibility index (Phi) is 4.68. The number of para-hydroxylation sites is 1. The molecule has 3 aromatic rings. The van der Waals surface area contributed by atoms with Crippen molar-refractivity contribution >= 4 is 32.7 Å². The quantitative estimate of drug-likeness (QED) is 0.439. The van der Waals surface area contributed by atoms with Gasteiger partial charge in [-0.05, 0) is 51.9 Å². The van der Waals surface area contributed by atoms with Crippen molar-refractivity contribution < 1.29 is 12.6 Å². The molecule has 0 aliphatic carbocycles. The fourth-order valence-corrected chi connectivity index (χ4v) is 4.70. The van der Waals surface area contributed by atoms with E-state index in [2.05, 4.69) is 22.6 Å². The van der Waals surface area contributed by atoms with Crippen molar-refractivity contribution in [2.75, 3.05) is 0 Å². The molecule has 3 nitrogen and oxygen atoms in total. The third-order valence-corrected chi connectivity index (χ3v) is 6.09. The van der Waals surface area contributed by atoms with Gasteiger partial charge in [-0.15, -0.1) is 0 Å². The summed E-state index contributed by atoms with van der Waals surface area (Å²) >= 11 is 2.05. The smallest absolute Gasteiger partial charge is 0.340 e. The zero-order chi connectivity index (χ0) is 16.3. The van der Waals surface area contributed by atoms with Crippen LogP contribution in [0.5, 0.6) is 5.75 Å². The molecule has 3 rings (SSSR count). The minimum atomic E-state index is -3.88. The first kappa shape index (κ1) is 16.0. The maximum atomic E-state index is 12.6. The monoisotopic (exact) mass is 436 g/mol. The molecule has 0 spiro atoms. The normalized spacial score (nSPS) is 11.2. The number of rotatable bonds is 4. The van der Waals surface area contributed by atoms with Gasteiger partial charge in [-0.3, -0.25) is 0 Å². The fourth-order valence-electron chi connectivity index (χ4n) is 2.19. The third-order valence-electron chi connectivity index (χ3n) is 3.27. The van der Waals surface area contributed by atoms with Crippen molar-refractivity contribution in [3.63, 3.8) is 0 Å². The van der Waals surface area contributed by atoms with E-state index in [1.54, 1.807) is 42.5 Å². The van der Waals surface area contributed by atoms with Gasteiger partial charge in [0, 0.05) is 3.57 Å². The molecule has 23 heavy (non-hydrogen) atoms. The Bertz CT molecular complexity index is 908. The molecule has 0 bridgehead atoms. The van der Waals surface area contributed by atoms with Gasteiger partial charge in [0.05, 0.1) is 0 Å². The zero-order valence-corrected chi connectivity index (χ0v) is 15.0. The van der Waals surface area contributed by atoms with Gasteiger partial charge < -0.3 is 4.18 Å². The van der Waals surface area contributed by atoms with Gasteiger partial charge in [-0.25, -0.2) is 0 Å². The Balaban J connectivity index is 2.04. The van der Waals surface area contributed by atoms with Crippen LogP contribution in [0.1, 0.15) is 0 Å². The first-order chi connectivity index (χ1) is 11.1. The average molecular weight is 436 g/mol. The molecule has 0 unspecified atom stereocenters. The van der Waals surface area contributed by atoms with E-state index < -0.39 is 10.1 Å². The summed E-state index contributed by atoms with van der Waals surface area (Å²) in [4.78, 5) is 0.170. The zero-order valence-electron chi connectivity index (χ0n) is 12.0. The second kappa shape index (κ2) is 6.72. The highest BCUT2D eigenvalue weighted by Crippen LogP contribution is 2.31. The van der Waals surface area contributed by atoms with Crippen LogP contribution < -0.4 is 4.18 Å². The average Bonchev–Trinajstić information content (AvgIpc) is 2.56. The Labute approximate surface area is 149 Å².